The smallest absolute Gasteiger partial charge is 0.192 e. The monoisotopic (exact) mass is 336 g/mol. The molecule has 118 valence electrons. The Morgan fingerprint density at radius 2 is 2.09 bits per heavy atom. The van der Waals surface area contributed by atoms with E-state index in [1.807, 2.05) is 30.4 Å². The van der Waals surface area contributed by atoms with Gasteiger partial charge in [0, 0.05) is 11.1 Å². The van der Waals surface area contributed by atoms with Gasteiger partial charge in [-0.25, -0.2) is 0 Å². The number of rotatable bonds is 6. The van der Waals surface area contributed by atoms with Crippen LogP contribution >= 0.6 is 11.6 Å². The highest BCUT2D eigenvalue weighted by atomic mass is 35.5. The molecule has 0 fully saturated rings. The molecule has 22 heavy (non-hydrogen) atoms. The summed E-state index contributed by atoms with van der Waals surface area (Å²) in [4.78, 5) is 11.8. The molecule has 2 nitrogen and oxygen atoms in total. The van der Waals surface area contributed by atoms with Crippen LogP contribution in [-0.2, 0) is 11.2 Å². The molecule has 0 radical (unpaired) electrons. The highest BCUT2D eigenvalue weighted by Gasteiger charge is 2.41. The predicted molar refractivity (Wildman–Crippen MR) is 94.0 cm³/mol. The minimum absolute atomic E-state index is 0.000212. The molecule has 3 atom stereocenters. The Balaban J connectivity index is 2.15. The molecule has 1 aliphatic carbocycles. The molecule has 0 bridgehead atoms. The number of carbonyl (C=O) groups excluding carboxylic acids is 1. The Labute approximate surface area is 140 Å². The van der Waals surface area contributed by atoms with Crippen LogP contribution in [0.1, 0.15) is 36.5 Å². The van der Waals surface area contributed by atoms with Gasteiger partial charge in [-0.1, -0.05) is 73.1 Å². The average Bonchev–Trinajstić information content (AvgIpc) is 2.53. The molecule has 4 heteroatoms. The molecule has 1 aromatic carbocycles. The standard InChI is InChI=1S/C18H21ClO2S/c1-3-7-16(22(2)21)18(19)12-10-15(11-13-18)17(20)14-8-5-4-6-9-14/h4-6,8-12,16H,3,7,13H2,1-2H3. The fourth-order valence-electron chi connectivity index (χ4n) is 2.74. The molecule has 0 heterocycles. The Bertz CT molecular complexity index is 580. The van der Waals surface area contributed by atoms with Crippen molar-refractivity contribution >= 4 is 28.6 Å². The first-order valence-electron chi connectivity index (χ1n) is 7.48. The lowest BCUT2D eigenvalue weighted by molar-refractivity contribution is 0.103. The van der Waals surface area contributed by atoms with Crippen LogP contribution in [0.3, 0.4) is 0 Å². The molecule has 1 aromatic rings. The molecule has 0 N–H and O–H groups in total. The van der Waals surface area contributed by atoms with E-state index in [0.29, 0.717) is 17.6 Å². The third-order valence-electron chi connectivity index (χ3n) is 3.96. The number of benzene rings is 1. The molecular weight excluding hydrogens is 316 g/mol. The normalized spacial score (nSPS) is 23.7. The van der Waals surface area contributed by atoms with Gasteiger partial charge in [-0.05, 0) is 12.8 Å². The number of carbonyl (C=O) groups is 1. The summed E-state index contributed by atoms with van der Waals surface area (Å²) in [7, 11) is 0. The van der Waals surface area contributed by atoms with Gasteiger partial charge in [0.15, 0.2) is 5.78 Å². The Morgan fingerprint density at radius 3 is 2.59 bits per heavy atom. The zero-order valence-electron chi connectivity index (χ0n) is 12.9. The molecule has 0 saturated carbocycles. The largest absolute Gasteiger partial charge is 0.616 e. The van der Waals surface area contributed by atoms with Crippen LogP contribution < -0.4 is 0 Å². The molecule has 2 rings (SSSR count). The topological polar surface area (TPSA) is 40.1 Å². The number of hydrogen-bond acceptors (Lipinski definition) is 2. The maximum Gasteiger partial charge on any atom is 0.192 e. The molecular formula is C18H21ClO2S. The fourth-order valence-corrected chi connectivity index (χ4v) is 4.66. The summed E-state index contributed by atoms with van der Waals surface area (Å²) < 4.78 is 12.0. The SMILES string of the molecule is CCCC([S+](C)[O-])C1(Cl)C=CC(C(=O)c2ccccc2)=CC1. The lowest BCUT2D eigenvalue weighted by atomic mass is 9.88. The maximum absolute atomic E-state index is 12.4. The molecule has 0 aromatic heterocycles. The quantitative estimate of drug-likeness (QED) is 0.442. The maximum atomic E-state index is 12.4. The second kappa shape index (κ2) is 7.49. The van der Waals surface area contributed by atoms with Crippen LogP contribution in [-0.4, -0.2) is 26.7 Å². The van der Waals surface area contributed by atoms with Crippen molar-refractivity contribution in [3.63, 3.8) is 0 Å². The van der Waals surface area contributed by atoms with Crippen LogP contribution in [0.4, 0.5) is 0 Å². The van der Waals surface area contributed by atoms with Crippen molar-refractivity contribution in [1.29, 1.82) is 0 Å². The van der Waals surface area contributed by atoms with Gasteiger partial charge in [0.1, 0.15) is 10.1 Å². The van der Waals surface area contributed by atoms with Crippen LogP contribution in [0.5, 0.6) is 0 Å². The summed E-state index contributed by atoms with van der Waals surface area (Å²) in [5.74, 6) is 0.000212. The van der Waals surface area contributed by atoms with E-state index in [4.69, 9.17) is 11.6 Å². The molecule has 0 saturated heterocycles. The number of ketones is 1. The van der Waals surface area contributed by atoms with Crippen molar-refractivity contribution in [2.75, 3.05) is 6.26 Å². The number of allylic oxidation sites excluding steroid dienone is 4. The van der Waals surface area contributed by atoms with Gasteiger partial charge in [-0.15, -0.1) is 11.6 Å². The molecule has 3 unspecified atom stereocenters. The summed E-state index contributed by atoms with van der Waals surface area (Å²) in [6.07, 6.45) is 9.49. The number of hydrogen-bond donors (Lipinski definition) is 0. The molecule has 0 aliphatic heterocycles. The van der Waals surface area contributed by atoms with Gasteiger partial charge >= 0.3 is 0 Å². The van der Waals surface area contributed by atoms with Crippen molar-refractivity contribution in [3.05, 3.63) is 59.7 Å². The average molecular weight is 337 g/mol. The molecule has 0 spiro atoms. The summed E-state index contributed by atoms with van der Waals surface area (Å²) in [5, 5.41) is -0.0972. The highest BCUT2D eigenvalue weighted by molar-refractivity contribution is 7.91. The third-order valence-corrected chi connectivity index (χ3v) is 6.09. The summed E-state index contributed by atoms with van der Waals surface area (Å²) in [6.45, 7) is 2.06. The first kappa shape index (κ1) is 17.3. The van der Waals surface area contributed by atoms with E-state index in [1.165, 1.54) is 0 Å². The molecule has 0 amide bonds. The summed E-state index contributed by atoms with van der Waals surface area (Å²) >= 11 is 5.70. The Morgan fingerprint density at radius 1 is 1.41 bits per heavy atom. The molecule has 1 aliphatic rings. The zero-order chi connectivity index (χ0) is 16.2. The van der Waals surface area contributed by atoms with E-state index in [1.54, 1.807) is 24.5 Å². The minimum Gasteiger partial charge on any atom is -0.616 e. The number of halogens is 1. The van der Waals surface area contributed by atoms with E-state index < -0.39 is 16.1 Å². The van der Waals surface area contributed by atoms with Crippen LogP contribution in [0, 0.1) is 0 Å². The van der Waals surface area contributed by atoms with Crippen molar-refractivity contribution in [1.82, 2.24) is 0 Å². The zero-order valence-corrected chi connectivity index (χ0v) is 14.5. The Hall–Kier alpha value is -1.03. The van der Waals surface area contributed by atoms with Crippen LogP contribution in [0.2, 0.25) is 0 Å². The van der Waals surface area contributed by atoms with Gasteiger partial charge in [-0.3, -0.25) is 4.79 Å². The van der Waals surface area contributed by atoms with E-state index in [2.05, 4.69) is 6.92 Å². The van der Waals surface area contributed by atoms with Crippen LogP contribution in [0.15, 0.2) is 54.1 Å². The first-order valence-corrected chi connectivity index (χ1v) is 9.48. The van der Waals surface area contributed by atoms with Crippen molar-refractivity contribution in [2.24, 2.45) is 0 Å². The summed E-state index contributed by atoms with van der Waals surface area (Å²) in [5.41, 5.74) is 1.32. The van der Waals surface area contributed by atoms with Gasteiger partial charge < -0.3 is 4.55 Å². The van der Waals surface area contributed by atoms with Gasteiger partial charge in [0.25, 0.3) is 0 Å². The van der Waals surface area contributed by atoms with Crippen molar-refractivity contribution in [2.45, 2.75) is 36.3 Å². The number of alkyl halides is 1. The number of Topliss-reactive ketones (excluding diaryl/α,β-unsaturated/α-hetero) is 1. The van der Waals surface area contributed by atoms with Gasteiger partial charge in [0.2, 0.25) is 0 Å². The van der Waals surface area contributed by atoms with E-state index >= 15 is 0 Å². The fraction of sp³-hybridized carbons (Fsp3) is 0.389. The summed E-state index contributed by atoms with van der Waals surface area (Å²) in [6, 6.07) is 9.20. The first-order chi connectivity index (χ1) is 10.5. The Kier molecular flexibility index (Phi) is 5.90. The highest BCUT2D eigenvalue weighted by Crippen LogP contribution is 2.37. The lowest BCUT2D eigenvalue weighted by Crippen LogP contribution is -2.41. The minimum atomic E-state index is -0.995. The van der Waals surface area contributed by atoms with Crippen molar-refractivity contribution < 1.29 is 9.35 Å². The van der Waals surface area contributed by atoms with E-state index in [9.17, 15) is 9.35 Å². The predicted octanol–water partition coefficient (Wildman–Crippen LogP) is 4.28. The van der Waals surface area contributed by atoms with E-state index in [0.717, 1.165) is 12.8 Å². The second-order valence-corrected chi connectivity index (χ2v) is 7.86. The lowest BCUT2D eigenvalue weighted by Gasteiger charge is -2.33. The van der Waals surface area contributed by atoms with Crippen LogP contribution in [0.25, 0.3) is 0 Å². The van der Waals surface area contributed by atoms with Gasteiger partial charge in [-0.2, -0.15) is 0 Å². The van der Waals surface area contributed by atoms with E-state index in [-0.39, 0.29) is 11.0 Å². The van der Waals surface area contributed by atoms with Gasteiger partial charge in [0.05, 0.1) is 6.26 Å². The third kappa shape index (κ3) is 3.83. The van der Waals surface area contributed by atoms with Crippen molar-refractivity contribution in [3.8, 4) is 0 Å². The second-order valence-electron chi connectivity index (χ2n) is 5.59.